The van der Waals surface area contributed by atoms with E-state index in [1.165, 1.54) is 71.9 Å². The number of nitrogens with zero attached hydrogens (tertiary/aromatic N) is 3. The van der Waals surface area contributed by atoms with Gasteiger partial charge in [-0.25, -0.2) is 4.98 Å². The average Bonchev–Trinajstić information content (AvgIpc) is 3.73. The molecule has 0 radical (unpaired) electrons. The maximum Gasteiger partial charge on any atom is 0.0716 e. The quantitative estimate of drug-likeness (QED) is 0.143. The van der Waals surface area contributed by atoms with Crippen molar-refractivity contribution in [3.8, 4) is 28.1 Å². The van der Waals surface area contributed by atoms with E-state index in [2.05, 4.69) is 225 Å². The summed E-state index contributed by atoms with van der Waals surface area (Å²) in [5.74, 6) is 0. The molecule has 3 heterocycles. The van der Waals surface area contributed by atoms with Crippen LogP contribution in [0, 0.1) is 0 Å². The SMILES string of the molecule is C/C=C\C(=C/C)c1cc(-c2ccccc2)cc(-c2cccc(-n3c4ccccc4c4cc(C5=CCCCC6=C5c5ccccc5C6(c5ccccc5)c5cccnc5)ccc43)c2)n1. The Morgan fingerprint density at radius 1 is 0.619 bits per heavy atom. The zero-order valence-electron chi connectivity index (χ0n) is 35.7. The first-order valence-electron chi connectivity index (χ1n) is 22.2. The largest absolute Gasteiger partial charge is 0.309 e. The number of pyridine rings is 2. The van der Waals surface area contributed by atoms with E-state index in [9.17, 15) is 0 Å². The van der Waals surface area contributed by atoms with Gasteiger partial charge in [-0.15, -0.1) is 0 Å². The molecule has 63 heavy (non-hydrogen) atoms. The summed E-state index contributed by atoms with van der Waals surface area (Å²) >= 11 is 0. The van der Waals surface area contributed by atoms with Gasteiger partial charge in [0.25, 0.3) is 0 Å². The Hall–Kier alpha value is -7.62. The highest BCUT2D eigenvalue weighted by atomic mass is 15.0. The van der Waals surface area contributed by atoms with Crippen molar-refractivity contribution < 1.29 is 0 Å². The number of para-hydroxylation sites is 1. The standard InChI is InChI=1S/C60H47N3/c1-3-19-41(4-2)55-38-45(42-20-7-5-8-21-42)39-56(62-55)44-22-17-26-48(36-44)63-57-32-16-13-28-50(57)52-37-43(33-34-58(52)63)49-27-11-15-31-54-59(49)51-29-12-14-30-53(51)60(54,46-23-9-6-10-24-46)47-25-18-35-61-40-47/h3-10,12-14,16-30,32-40H,11,15,31H2,1-2H3/b19-3-,41-4+. The number of benzene rings is 6. The van der Waals surface area contributed by atoms with Crippen LogP contribution in [0.1, 0.15) is 66.6 Å². The van der Waals surface area contributed by atoms with Crippen LogP contribution >= 0.6 is 0 Å². The molecule has 3 aromatic heterocycles. The second-order valence-corrected chi connectivity index (χ2v) is 16.6. The highest BCUT2D eigenvalue weighted by Crippen LogP contribution is 2.59. The lowest BCUT2D eigenvalue weighted by molar-refractivity contribution is 0.675. The highest BCUT2D eigenvalue weighted by molar-refractivity contribution is 6.15. The molecule has 0 bridgehead atoms. The Kier molecular flexibility index (Phi) is 9.74. The number of allylic oxidation sites excluding steroid dienone is 8. The molecule has 0 fully saturated rings. The summed E-state index contributed by atoms with van der Waals surface area (Å²) in [6.45, 7) is 4.13. The molecule has 3 heteroatoms. The fourth-order valence-electron chi connectivity index (χ4n) is 10.5. The van der Waals surface area contributed by atoms with Gasteiger partial charge in [-0.05, 0) is 143 Å². The van der Waals surface area contributed by atoms with E-state index in [4.69, 9.17) is 9.97 Å². The summed E-state index contributed by atoms with van der Waals surface area (Å²) in [5, 5.41) is 2.48. The molecule has 2 aliphatic rings. The van der Waals surface area contributed by atoms with Crippen LogP contribution in [0.4, 0.5) is 0 Å². The molecule has 0 amide bonds. The van der Waals surface area contributed by atoms with Crippen LogP contribution in [0.5, 0.6) is 0 Å². The van der Waals surface area contributed by atoms with E-state index in [1.807, 2.05) is 6.20 Å². The monoisotopic (exact) mass is 809 g/mol. The lowest BCUT2D eigenvalue weighted by Crippen LogP contribution is -2.30. The van der Waals surface area contributed by atoms with Gasteiger partial charge in [-0.2, -0.15) is 0 Å². The highest BCUT2D eigenvalue weighted by Gasteiger charge is 2.48. The van der Waals surface area contributed by atoms with Crippen molar-refractivity contribution in [3.63, 3.8) is 0 Å². The first kappa shape index (κ1) is 38.3. The molecule has 11 rings (SSSR count). The van der Waals surface area contributed by atoms with Crippen LogP contribution in [-0.4, -0.2) is 14.5 Å². The molecule has 2 aliphatic carbocycles. The normalized spacial score (nSPS) is 16.3. The van der Waals surface area contributed by atoms with Gasteiger partial charge >= 0.3 is 0 Å². The number of rotatable bonds is 8. The third kappa shape index (κ3) is 6.34. The minimum Gasteiger partial charge on any atom is -0.309 e. The first-order chi connectivity index (χ1) is 31.2. The predicted molar refractivity (Wildman–Crippen MR) is 264 cm³/mol. The van der Waals surface area contributed by atoms with Crippen LogP contribution in [0.15, 0.2) is 218 Å². The molecule has 0 saturated carbocycles. The van der Waals surface area contributed by atoms with Crippen molar-refractivity contribution in [2.24, 2.45) is 0 Å². The van der Waals surface area contributed by atoms with E-state index < -0.39 is 5.41 Å². The molecule has 0 saturated heterocycles. The molecule has 0 N–H and O–H groups in total. The summed E-state index contributed by atoms with van der Waals surface area (Å²) in [6.07, 6.45) is 15.9. The minimum atomic E-state index is -0.437. The second kappa shape index (κ2) is 16.0. The van der Waals surface area contributed by atoms with Gasteiger partial charge in [0, 0.05) is 34.4 Å². The molecule has 0 aliphatic heterocycles. The Morgan fingerprint density at radius 3 is 2.21 bits per heavy atom. The second-order valence-electron chi connectivity index (χ2n) is 16.6. The molecule has 9 aromatic rings. The van der Waals surface area contributed by atoms with Crippen molar-refractivity contribution in [3.05, 3.63) is 252 Å². The summed E-state index contributed by atoms with van der Waals surface area (Å²) in [5.41, 5.74) is 20.0. The van der Waals surface area contributed by atoms with Crippen molar-refractivity contribution in [2.45, 2.75) is 38.5 Å². The molecule has 1 atom stereocenters. The molecule has 0 spiro atoms. The number of hydrogen-bond donors (Lipinski definition) is 0. The summed E-state index contributed by atoms with van der Waals surface area (Å²) in [4.78, 5) is 10.00. The fourth-order valence-corrected chi connectivity index (χ4v) is 10.5. The molecule has 302 valence electrons. The van der Waals surface area contributed by atoms with E-state index >= 15 is 0 Å². The van der Waals surface area contributed by atoms with Crippen LogP contribution in [0.25, 0.3) is 66.6 Å². The van der Waals surface area contributed by atoms with Gasteiger partial charge in [-0.1, -0.05) is 152 Å². The minimum absolute atomic E-state index is 0.437. The number of hydrogen-bond acceptors (Lipinski definition) is 2. The predicted octanol–water partition coefficient (Wildman–Crippen LogP) is 15.3. The Labute approximate surface area is 369 Å². The average molecular weight is 810 g/mol. The maximum atomic E-state index is 5.29. The maximum absolute atomic E-state index is 5.29. The first-order valence-corrected chi connectivity index (χ1v) is 22.2. The van der Waals surface area contributed by atoms with Crippen LogP contribution in [0.3, 0.4) is 0 Å². The van der Waals surface area contributed by atoms with Crippen molar-refractivity contribution in [1.29, 1.82) is 0 Å². The molecule has 1 unspecified atom stereocenters. The van der Waals surface area contributed by atoms with Crippen LogP contribution < -0.4 is 0 Å². The van der Waals surface area contributed by atoms with Crippen LogP contribution in [-0.2, 0) is 5.41 Å². The smallest absolute Gasteiger partial charge is 0.0716 e. The van der Waals surface area contributed by atoms with E-state index in [0.29, 0.717) is 0 Å². The lowest BCUT2D eigenvalue weighted by atomic mass is 9.66. The number of fused-ring (bicyclic) bond motifs is 5. The third-order valence-corrected chi connectivity index (χ3v) is 13.2. The van der Waals surface area contributed by atoms with Crippen molar-refractivity contribution in [1.82, 2.24) is 14.5 Å². The Bertz CT molecular complexity index is 3270. The van der Waals surface area contributed by atoms with Crippen molar-refractivity contribution >= 4 is 38.5 Å². The zero-order valence-corrected chi connectivity index (χ0v) is 35.7. The van der Waals surface area contributed by atoms with E-state index in [-0.39, 0.29) is 0 Å². The van der Waals surface area contributed by atoms with Gasteiger partial charge in [-0.3, -0.25) is 4.98 Å². The third-order valence-electron chi connectivity index (χ3n) is 13.2. The van der Waals surface area contributed by atoms with Gasteiger partial charge in [0.15, 0.2) is 0 Å². The van der Waals surface area contributed by atoms with Gasteiger partial charge < -0.3 is 4.57 Å². The van der Waals surface area contributed by atoms with E-state index in [0.717, 1.165) is 53.0 Å². The summed E-state index contributed by atoms with van der Waals surface area (Å²) < 4.78 is 2.43. The Morgan fingerprint density at radius 2 is 1.38 bits per heavy atom. The van der Waals surface area contributed by atoms with E-state index in [1.54, 1.807) is 0 Å². The number of aromatic nitrogens is 3. The zero-order chi connectivity index (χ0) is 42.3. The summed E-state index contributed by atoms with van der Waals surface area (Å²) in [6, 6.07) is 64.5. The lowest BCUT2D eigenvalue weighted by Gasteiger charge is -2.35. The molecule has 6 aromatic carbocycles. The molecular weight excluding hydrogens is 763 g/mol. The summed E-state index contributed by atoms with van der Waals surface area (Å²) in [7, 11) is 0. The van der Waals surface area contributed by atoms with Crippen molar-refractivity contribution in [2.75, 3.05) is 0 Å². The topological polar surface area (TPSA) is 30.7 Å². The van der Waals surface area contributed by atoms with Gasteiger partial charge in [0.05, 0.1) is 27.8 Å². The van der Waals surface area contributed by atoms with Crippen LogP contribution in [0.2, 0.25) is 0 Å². The Balaban J connectivity index is 1.08. The fraction of sp³-hybridized carbons (Fsp3) is 0.100. The van der Waals surface area contributed by atoms with Gasteiger partial charge in [0.1, 0.15) is 0 Å². The molecule has 3 nitrogen and oxygen atoms in total. The molecular formula is C60H47N3. The van der Waals surface area contributed by atoms with Gasteiger partial charge in [0.2, 0.25) is 0 Å².